The first kappa shape index (κ1) is 12.6. The molecule has 1 aromatic rings. The standard InChI is InChI=1S/C16H24O/c1-15(2,3)11-7-10-8-13(17)14(10)12(9-11)16(4,5)6/h7,9,13,17H,8H2,1-6H3. The lowest BCUT2D eigenvalue weighted by molar-refractivity contribution is 0.150. The molecule has 1 aromatic carbocycles. The third-order valence-electron chi connectivity index (χ3n) is 3.69. The van der Waals surface area contributed by atoms with Crippen LogP contribution in [0, 0.1) is 0 Å². The van der Waals surface area contributed by atoms with Crippen molar-refractivity contribution in [2.45, 2.75) is 64.9 Å². The molecule has 1 aliphatic rings. The summed E-state index contributed by atoms with van der Waals surface area (Å²) in [5.74, 6) is 0. The maximum Gasteiger partial charge on any atom is 0.0836 e. The number of hydrogen-bond acceptors (Lipinski definition) is 1. The van der Waals surface area contributed by atoms with Crippen LogP contribution in [0.25, 0.3) is 0 Å². The molecule has 1 nitrogen and oxygen atoms in total. The molecule has 0 saturated heterocycles. The molecule has 0 radical (unpaired) electrons. The Hall–Kier alpha value is -0.820. The van der Waals surface area contributed by atoms with Crippen molar-refractivity contribution >= 4 is 0 Å². The van der Waals surface area contributed by atoms with Gasteiger partial charge in [-0.1, -0.05) is 53.7 Å². The number of aliphatic hydroxyl groups is 1. The van der Waals surface area contributed by atoms with Crippen molar-refractivity contribution in [3.63, 3.8) is 0 Å². The molecule has 0 spiro atoms. The zero-order valence-corrected chi connectivity index (χ0v) is 11.9. The van der Waals surface area contributed by atoms with E-state index in [1.54, 1.807) is 0 Å². The smallest absolute Gasteiger partial charge is 0.0836 e. The highest BCUT2D eigenvalue weighted by Gasteiger charge is 2.33. The van der Waals surface area contributed by atoms with Crippen molar-refractivity contribution in [3.05, 3.63) is 34.4 Å². The first-order valence-corrected chi connectivity index (χ1v) is 6.46. The summed E-state index contributed by atoms with van der Waals surface area (Å²) in [6.07, 6.45) is 0.579. The third kappa shape index (κ3) is 2.13. The van der Waals surface area contributed by atoms with Gasteiger partial charge in [-0.15, -0.1) is 0 Å². The minimum absolute atomic E-state index is 0.104. The first-order valence-electron chi connectivity index (χ1n) is 6.46. The molecule has 0 aromatic heterocycles. The molecule has 0 saturated carbocycles. The van der Waals surface area contributed by atoms with Gasteiger partial charge in [-0.2, -0.15) is 0 Å². The molecule has 0 fully saturated rings. The molecule has 0 heterocycles. The van der Waals surface area contributed by atoms with Crippen molar-refractivity contribution in [3.8, 4) is 0 Å². The van der Waals surface area contributed by atoms with Crippen molar-refractivity contribution in [1.82, 2.24) is 0 Å². The molecule has 1 N–H and O–H groups in total. The van der Waals surface area contributed by atoms with Gasteiger partial charge in [-0.25, -0.2) is 0 Å². The molecule has 94 valence electrons. The van der Waals surface area contributed by atoms with Crippen LogP contribution < -0.4 is 0 Å². The molecule has 1 unspecified atom stereocenters. The van der Waals surface area contributed by atoms with Gasteiger partial charge in [0.15, 0.2) is 0 Å². The van der Waals surface area contributed by atoms with E-state index >= 15 is 0 Å². The van der Waals surface area contributed by atoms with Gasteiger partial charge >= 0.3 is 0 Å². The molecule has 0 aliphatic heterocycles. The quantitative estimate of drug-likeness (QED) is 0.720. The van der Waals surface area contributed by atoms with Gasteiger partial charge in [0.1, 0.15) is 0 Å². The highest BCUT2D eigenvalue weighted by Crippen LogP contribution is 2.43. The minimum Gasteiger partial charge on any atom is -0.388 e. The van der Waals surface area contributed by atoms with E-state index in [0.29, 0.717) is 0 Å². The van der Waals surface area contributed by atoms with Crippen LogP contribution in [0.15, 0.2) is 12.1 Å². The number of hydrogen-bond donors (Lipinski definition) is 1. The van der Waals surface area contributed by atoms with Crippen molar-refractivity contribution in [2.24, 2.45) is 0 Å². The Morgan fingerprint density at radius 3 is 2.00 bits per heavy atom. The molecular formula is C16H24O. The summed E-state index contributed by atoms with van der Waals surface area (Å²) in [6, 6.07) is 4.57. The van der Waals surface area contributed by atoms with Gasteiger partial charge in [-0.05, 0) is 33.1 Å². The summed E-state index contributed by atoms with van der Waals surface area (Å²) >= 11 is 0. The van der Waals surface area contributed by atoms with Crippen LogP contribution in [-0.2, 0) is 17.3 Å². The Bertz CT molecular complexity index is 444. The van der Waals surface area contributed by atoms with E-state index in [0.717, 1.165) is 6.42 Å². The van der Waals surface area contributed by atoms with E-state index in [9.17, 15) is 5.11 Å². The fourth-order valence-corrected chi connectivity index (χ4v) is 2.51. The van der Waals surface area contributed by atoms with Crippen molar-refractivity contribution < 1.29 is 5.11 Å². The predicted molar refractivity (Wildman–Crippen MR) is 72.5 cm³/mol. The van der Waals surface area contributed by atoms with Gasteiger partial charge in [0.25, 0.3) is 0 Å². The fourth-order valence-electron chi connectivity index (χ4n) is 2.51. The van der Waals surface area contributed by atoms with Crippen molar-refractivity contribution in [1.29, 1.82) is 0 Å². The molecule has 2 rings (SSSR count). The predicted octanol–water partition coefficient (Wildman–Crippen LogP) is 3.87. The van der Waals surface area contributed by atoms with Gasteiger partial charge in [-0.3, -0.25) is 0 Å². The second kappa shape index (κ2) is 3.58. The Balaban J connectivity index is 2.61. The fraction of sp³-hybridized carbons (Fsp3) is 0.625. The number of benzene rings is 1. The largest absolute Gasteiger partial charge is 0.388 e. The topological polar surface area (TPSA) is 20.2 Å². The zero-order chi connectivity index (χ0) is 13.0. The highest BCUT2D eigenvalue weighted by atomic mass is 16.3. The van der Waals surface area contributed by atoms with Crippen molar-refractivity contribution in [2.75, 3.05) is 0 Å². The Kier molecular flexibility index (Phi) is 2.66. The first-order chi connectivity index (χ1) is 7.60. The lowest BCUT2D eigenvalue weighted by Gasteiger charge is -2.36. The van der Waals surface area contributed by atoms with Crippen LogP contribution in [0.4, 0.5) is 0 Å². The average Bonchev–Trinajstić information content (AvgIpc) is 2.11. The Morgan fingerprint density at radius 2 is 1.59 bits per heavy atom. The summed E-state index contributed by atoms with van der Waals surface area (Å²) in [7, 11) is 0. The van der Waals surface area contributed by atoms with E-state index in [-0.39, 0.29) is 16.9 Å². The van der Waals surface area contributed by atoms with Gasteiger partial charge < -0.3 is 5.11 Å². The lowest BCUT2D eigenvalue weighted by Crippen LogP contribution is -2.27. The molecule has 17 heavy (non-hydrogen) atoms. The third-order valence-corrected chi connectivity index (χ3v) is 3.69. The van der Waals surface area contributed by atoms with Crippen LogP contribution in [0.1, 0.15) is 69.9 Å². The van der Waals surface area contributed by atoms with E-state index in [2.05, 4.69) is 53.7 Å². The average molecular weight is 232 g/mol. The normalized spacial score (nSPS) is 19.8. The van der Waals surface area contributed by atoms with Gasteiger partial charge in [0, 0.05) is 6.42 Å². The number of fused-ring (bicyclic) bond motifs is 1. The summed E-state index contributed by atoms with van der Waals surface area (Å²) < 4.78 is 0. The van der Waals surface area contributed by atoms with Crippen LogP contribution in [0.3, 0.4) is 0 Å². The number of aliphatic hydroxyl groups excluding tert-OH is 1. The summed E-state index contributed by atoms with van der Waals surface area (Å²) in [5.41, 5.74) is 5.51. The maximum atomic E-state index is 9.94. The molecular weight excluding hydrogens is 208 g/mol. The van der Waals surface area contributed by atoms with Crippen LogP contribution >= 0.6 is 0 Å². The highest BCUT2D eigenvalue weighted by molar-refractivity contribution is 5.51. The molecule has 1 aliphatic carbocycles. The van der Waals surface area contributed by atoms with Crippen LogP contribution in [-0.4, -0.2) is 5.11 Å². The molecule has 1 atom stereocenters. The summed E-state index contributed by atoms with van der Waals surface area (Å²) in [6.45, 7) is 13.4. The van der Waals surface area contributed by atoms with Crippen LogP contribution in [0.5, 0.6) is 0 Å². The molecule has 0 amide bonds. The maximum absolute atomic E-state index is 9.94. The second-order valence-electron chi connectivity index (χ2n) is 7.32. The van der Waals surface area contributed by atoms with Gasteiger partial charge in [0.05, 0.1) is 6.10 Å². The summed E-state index contributed by atoms with van der Waals surface area (Å²) in [5, 5.41) is 9.94. The Labute approximate surface area is 105 Å². The van der Waals surface area contributed by atoms with E-state index in [4.69, 9.17) is 0 Å². The van der Waals surface area contributed by atoms with Gasteiger partial charge in [0.2, 0.25) is 0 Å². The van der Waals surface area contributed by atoms with E-state index in [1.807, 2.05) is 0 Å². The second-order valence-corrected chi connectivity index (χ2v) is 7.32. The monoisotopic (exact) mass is 232 g/mol. The molecule has 0 bridgehead atoms. The minimum atomic E-state index is -0.242. The van der Waals surface area contributed by atoms with Crippen LogP contribution in [0.2, 0.25) is 0 Å². The SMILES string of the molecule is CC(C)(C)c1cc2c(c(C(C)(C)C)c1)C(O)C2. The summed E-state index contributed by atoms with van der Waals surface area (Å²) in [4.78, 5) is 0. The van der Waals surface area contributed by atoms with E-state index in [1.165, 1.54) is 22.3 Å². The van der Waals surface area contributed by atoms with E-state index < -0.39 is 0 Å². The zero-order valence-electron chi connectivity index (χ0n) is 11.9. The number of rotatable bonds is 0. The lowest BCUT2D eigenvalue weighted by atomic mass is 9.70. The Morgan fingerprint density at radius 1 is 1.00 bits per heavy atom. The molecule has 1 heteroatoms.